The predicted octanol–water partition coefficient (Wildman–Crippen LogP) is 11.9. The van der Waals surface area contributed by atoms with Crippen molar-refractivity contribution >= 4 is 67.9 Å². The van der Waals surface area contributed by atoms with Crippen LogP contribution >= 0.6 is 67.9 Å². The summed E-state index contributed by atoms with van der Waals surface area (Å²) >= 11 is 7.81. The van der Waals surface area contributed by atoms with E-state index in [9.17, 15) is 13.2 Å². The molecule has 0 spiro atoms. The van der Waals surface area contributed by atoms with Crippen molar-refractivity contribution in [2.75, 3.05) is 0 Å². The summed E-state index contributed by atoms with van der Waals surface area (Å²) in [5.41, 5.74) is 3.75. The Morgan fingerprint density at radius 2 is 1.18 bits per heavy atom. The lowest BCUT2D eigenvalue weighted by atomic mass is 9.84. The number of thiophene rings is 4. The minimum Gasteiger partial charge on any atom is -0.206 e. The summed E-state index contributed by atoms with van der Waals surface area (Å²) in [6.45, 7) is 12.5. The van der Waals surface area contributed by atoms with E-state index >= 15 is 0 Å². The minimum atomic E-state index is -0.619. The number of halogens is 4. The average molecular weight is 713 g/mol. The van der Waals surface area contributed by atoms with E-state index in [1.165, 1.54) is 26.7 Å². The van der Waals surface area contributed by atoms with E-state index in [2.05, 4.69) is 86.7 Å². The smallest absolute Gasteiger partial charge is 0.179 e. The van der Waals surface area contributed by atoms with Gasteiger partial charge < -0.3 is 0 Å². The van der Waals surface area contributed by atoms with E-state index in [-0.39, 0.29) is 10.5 Å². The van der Waals surface area contributed by atoms with Crippen LogP contribution in [0.4, 0.5) is 13.2 Å². The zero-order valence-corrected chi connectivity index (χ0v) is 27.9. The Balaban J connectivity index is 1.46. The van der Waals surface area contributed by atoms with Crippen LogP contribution in [0, 0.1) is 33.5 Å². The number of rotatable bonds is 7. The molecule has 1 atom stereocenters. The van der Waals surface area contributed by atoms with E-state index in [4.69, 9.17) is 0 Å². The molecule has 0 saturated carbocycles. The van der Waals surface area contributed by atoms with Gasteiger partial charge in [0.15, 0.2) is 10.3 Å². The van der Waals surface area contributed by atoms with Crippen LogP contribution in [0.2, 0.25) is 0 Å². The molecule has 0 aliphatic carbocycles. The fourth-order valence-corrected chi connectivity index (χ4v) is 11.0. The summed E-state index contributed by atoms with van der Waals surface area (Å²) in [7, 11) is 0. The Morgan fingerprint density at radius 1 is 0.692 bits per heavy atom. The molecule has 0 bridgehead atoms. The molecule has 1 unspecified atom stereocenters. The Labute approximate surface area is 257 Å². The van der Waals surface area contributed by atoms with E-state index in [1.54, 1.807) is 28.7 Å². The summed E-state index contributed by atoms with van der Waals surface area (Å²) in [6, 6.07) is 15.6. The fraction of sp³-hybridized carbons (Fsp3) is 0.290. The molecule has 39 heavy (non-hydrogen) atoms. The van der Waals surface area contributed by atoms with Gasteiger partial charge in [-0.1, -0.05) is 31.2 Å². The van der Waals surface area contributed by atoms with E-state index in [0.29, 0.717) is 4.88 Å². The largest absolute Gasteiger partial charge is 0.206 e. The van der Waals surface area contributed by atoms with Crippen molar-refractivity contribution in [2.45, 2.75) is 58.8 Å². The average Bonchev–Trinajstić information content (AvgIpc) is 3.65. The first-order chi connectivity index (χ1) is 18.3. The van der Waals surface area contributed by atoms with Gasteiger partial charge in [0, 0.05) is 44.9 Å². The maximum absolute atomic E-state index is 14.4. The molecule has 4 heterocycles. The molecule has 0 fully saturated rings. The first-order valence-corrected chi connectivity index (χ1v) is 16.9. The molecule has 4 aromatic heterocycles. The number of hydrogen-bond acceptors (Lipinski definition) is 4. The van der Waals surface area contributed by atoms with Gasteiger partial charge in [-0.05, 0) is 104 Å². The Kier molecular flexibility index (Phi) is 8.00. The predicted molar refractivity (Wildman–Crippen MR) is 173 cm³/mol. The first kappa shape index (κ1) is 29.0. The maximum Gasteiger partial charge on any atom is 0.179 e. The fourth-order valence-electron chi connectivity index (χ4n) is 4.93. The second-order valence-electron chi connectivity index (χ2n) is 10.6. The zero-order valence-electron chi connectivity index (χ0n) is 22.5. The molecule has 1 aromatic carbocycles. The summed E-state index contributed by atoms with van der Waals surface area (Å²) in [6.07, 6.45) is 0.889. The van der Waals surface area contributed by atoms with Crippen LogP contribution in [0.15, 0.2) is 48.5 Å². The molecule has 0 aliphatic heterocycles. The van der Waals surface area contributed by atoms with Crippen molar-refractivity contribution in [2.24, 2.45) is 0 Å². The van der Waals surface area contributed by atoms with Gasteiger partial charge in [-0.3, -0.25) is 0 Å². The molecule has 5 aromatic rings. The maximum atomic E-state index is 14.4. The summed E-state index contributed by atoms with van der Waals surface area (Å²) in [5, 5.41) is -0.635. The third-order valence-corrected chi connectivity index (χ3v) is 14.3. The van der Waals surface area contributed by atoms with Crippen molar-refractivity contribution < 1.29 is 13.2 Å². The Bertz CT molecular complexity index is 1650. The molecule has 5 rings (SSSR count). The highest BCUT2D eigenvalue weighted by atomic mass is 127. The molecule has 204 valence electrons. The van der Waals surface area contributed by atoms with Crippen molar-refractivity contribution in [3.8, 4) is 20.9 Å². The number of hydrogen-bond donors (Lipinski definition) is 0. The second-order valence-corrected chi connectivity index (χ2v) is 15.9. The first-order valence-electron chi connectivity index (χ1n) is 12.6. The molecule has 8 heteroatoms. The number of aryl methyl sites for hydroxylation is 2. The van der Waals surface area contributed by atoms with E-state index < -0.39 is 16.4 Å². The molecular weight excluding hydrogens is 685 g/mol. The van der Waals surface area contributed by atoms with Gasteiger partial charge in [-0.15, -0.1) is 45.3 Å². The zero-order chi connectivity index (χ0) is 28.3. The van der Waals surface area contributed by atoms with Gasteiger partial charge in [-0.25, -0.2) is 4.39 Å². The van der Waals surface area contributed by atoms with Gasteiger partial charge >= 0.3 is 0 Å². The lowest BCUT2D eigenvalue weighted by Crippen LogP contribution is -2.20. The van der Waals surface area contributed by atoms with Crippen LogP contribution in [-0.2, 0) is 10.8 Å². The summed E-state index contributed by atoms with van der Waals surface area (Å²) in [4.78, 5) is 6.13. The monoisotopic (exact) mass is 712 g/mol. The molecule has 0 saturated heterocycles. The lowest BCUT2D eigenvalue weighted by Gasteiger charge is -2.26. The second kappa shape index (κ2) is 10.7. The Morgan fingerprint density at radius 3 is 1.64 bits per heavy atom. The van der Waals surface area contributed by atoms with Gasteiger partial charge in [0.2, 0.25) is 0 Å². The van der Waals surface area contributed by atoms with Crippen LogP contribution < -0.4 is 0 Å². The normalized spacial score (nSPS) is 13.7. The summed E-state index contributed by atoms with van der Waals surface area (Å²) < 4.78 is 43.3. The van der Waals surface area contributed by atoms with Crippen molar-refractivity contribution in [1.29, 1.82) is 0 Å². The highest BCUT2D eigenvalue weighted by Crippen LogP contribution is 2.48. The van der Waals surface area contributed by atoms with Crippen molar-refractivity contribution in [1.82, 2.24) is 0 Å². The topological polar surface area (TPSA) is 0 Å². The van der Waals surface area contributed by atoms with Crippen LogP contribution in [0.3, 0.4) is 0 Å². The van der Waals surface area contributed by atoms with E-state index in [0.717, 1.165) is 58.7 Å². The quantitative estimate of drug-likeness (QED) is 0.147. The van der Waals surface area contributed by atoms with Crippen LogP contribution in [0.5, 0.6) is 0 Å². The van der Waals surface area contributed by atoms with Crippen LogP contribution in [-0.4, -0.2) is 0 Å². The van der Waals surface area contributed by atoms with E-state index in [1.807, 2.05) is 13.8 Å². The molecule has 0 amide bonds. The molecule has 0 aliphatic rings. The third-order valence-electron chi connectivity index (χ3n) is 7.49. The van der Waals surface area contributed by atoms with Gasteiger partial charge in [0.1, 0.15) is 5.82 Å². The highest BCUT2D eigenvalue weighted by molar-refractivity contribution is 14.1. The lowest BCUT2D eigenvalue weighted by molar-refractivity contribution is 0.563. The molecule has 0 nitrogen and oxygen atoms in total. The van der Waals surface area contributed by atoms with Gasteiger partial charge in [-0.2, -0.15) is 8.78 Å². The summed E-state index contributed by atoms with van der Waals surface area (Å²) in [5.74, 6) is -0.483. The highest BCUT2D eigenvalue weighted by Gasteiger charge is 2.34. The molecular formula is C31H28F3IS4. The molecule has 0 N–H and O–H groups in total. The molecule has 0 radical (unpaired) electrons. The minimum absolute atomic E-state index is 0.138. The third kappa shape index (κ3) is 5.20. The SMILES string of the molecule is CCC(C)(c1cc(C)c(-c2ccc(-c3sc(C(C)(C)c4sc(F)cc4F)cc3C)cc2)s1)c1sc(F)cc1I. The van der Waals surface area contributed by atoms with Crippen LogP contribution in [0.1, 0.15) is 64.8 Å². The number of benzene rings is 1. The van der Waals surface area contributed by atoms with Crippen molar-refractivity contribution in [3.05, 3.63) is 98.8 Å². The van der Waals surface area contributed by atoms with Gasteiger partial charge in [0.25, 0.3) is 0 Å². The Hall–Kier alpha value is -1.46. The van der Waals surface area contributed by atoms with Gasteiger partial charge in [0.05, 0.1) is 4.88 Å². The van der Waals surface area contributed by atoms with Crippen LogP contribution in [0.25, 0.3) is 20.9 Å². The van der Waals surface area contributed by atoms with Crippen molar-refractivity contribution in [3.63, 3.8) is 0 Å². The standard InChI is InChI=1S/C31H28F3IS4/c1-7-31(6,29-21(35)15-25(34)39-29)23-13-17(3)27(37-23)19-10-8-18(9-11-19)26-16(2)12-22(36-26)30(4,5)28-20(32)14-24(33)38-28/h8-15H,7H2,1-6H3.